The van der Waals surface area contributed by atoms with Gasteiger partial charge in [-0.25, -0.2) is 0 Å². The minimum Gasteiger partial charge on any atom is -0.317 e. The van der Waals surface area contributed by atoms with Crippen LogP contribution in [0.2, 0.25) is 0 Å². The maximum atomic E-state index is 4.50. The monoisotopic (exact) mass is 369 g/mol. The smallest absolute Gasteiger partial charge is 0.146 e. The topological polar surface area (TPSA) is 37.2 Å². The van der Waals surface area contributed by atoms with Gasteiger partial charge in [-0.2, -0.15) is 0 Å². The fraction of sp³-hybridized carbons (Fsp3) is 0.636. The van der Waals surface area contributed by atoms with Gasteiger partial charge in [0.05, 0.1) is 6.54 Å². The average Bonchev–Trinajstić information content (AvgIpc) is 2.95. The molecular formula is C22H35N5. The van der Waals surface area contributed by atoms with E-state index in [1.807, 2.05) is 0 Å². The predicted molar refractivity (Wildman–Crippen MR) is 111 cm³/mol. The van der Waals surface area contributed by atoms with Gasteiger partial charge >= 0.3 is 0 Å². The summed E-state index contributed by atoms with van der Waals surface area (Å²) in [6.07, 6.45) is 2.32. The van der Waals surface area contributed by atoms with Crippen LogP contribution in [-0.2, 0) is 25.6 Å². The van der Waals surface area contributed by atoms with E-state index in [2.05, 4.69) is 90.7 Å². The summed E-state index contributed by atoms with van der Waals surface area (Å²) >= 11 is 0. The molecular weight excluding hydrogens is 334 g/mol. The first-order valence-electron chi connectivity index (χ1n) is 10.1. The van der Waals surface area contributed by atoms with Crippen molar-refractivity contribution in [3.05, 3.63) is 47.0 Å². The minimum absolute atomic E-state index is 0.221. The van der Waals surface area contributed by atoms with Crippen molar-refractivity contribution in [1.29, 1.82) is 0 Å². The normalized spacial score (nSPS) is 17.0. The maximum absolute atomic E-state index is 4.50. The minimum atomic E-state index is 0.221. The molecule has 1 aromatic heterocycles. The summed E-state index contributed by atoms with van der Waals surface area (Å²) in [5.41, 5.74) is 3.03. The second-order valence-corrected chi connectivity index (χ2v) is 9.27. The summed E-state index contributed by atoms with van der Waals surface area (Å²) in [6.45, 7) is 10.9. The molecule has 5 heteroatoms. The lowest BCUT2D eigenvalue weighted by Gasteiger charge is -2.31. The van der Waals surface area contributed by atoms with Crippen molar-refractivity contribution in [1.82, 2.24) is 24.6 Å². The summed E-state index contributed by atoms with van der Waals surface area (Å²) in [7, 11) is 6.25. The van der Waals surface area contributed by atoms with Crippen molar-refractivity contribution >= 4 is 0 Å². The van der Waals surface area contributed by atoms with E-state index in [0.29, 0.717) is 5.92 Å². The fourth-order valence-electron chi connectivity index (χ4n) is 3.87. The molecule has 0 saturated carbocycles. The zero-order valence-corrected chi connectivity index (χ0v) is 17.9. The van der Waals surface area contributed by atoms with Crippen LogP contribution in [0.1, 0.15) is 62.3 Å². The van der Waals surface area contributed by atoms with Crippen molar-refractivity contribution in [3.63, 3.8) is 0 Å². The molecule has 0 amide bonds. The van der Waals surface area contributed by atoms with Gasteiger partial charge in [0.15, 0.2) is 0 Å². The van der Waals surface area contributed by atoms with Crippen LogP contribution in [0.4, 0.5) is 0 Å². The van der Waals surface area contributed by atoms with Gasteiger partial charge in [0, 0.05) is 19.5 Å². The highest BCUT2D eigenvalue weighted by atomic mass is 15.3. The van der Waals surface area contributed by atoms with Gasteiger partial charge in [-0.3, -0.25) is 4.90 Å². The molecule has 0 atom stereocenters. The molecule has 2 aromatic rings. The molecule has 1 saturated heterocycles. The Kier molecular flexibility index (Phi) is 6.02. The Morgan fingerprint density at radius 2 is 1.67 bits per heavy atom. The van der Waals surface area contributed by atoms with E-state index in [9.17, 15) is 0 Å². The number of hydrogen-bond donors (Lipinski definition) is 0. The van der Waals surface area contributed by atoms with Crippen molar-refractivity contribution in [3.8, 4) is 0 Å². The average molecular weight is 370 g/mol. The van der Waals surface area contributed by atoms with Crippen molar-refractivity contribution in [2.45, 2.75) is 58.0 Å². The Labute approximate surface area is 164 Å². The van der Waals surface area contributed by atoms with Crippen molar-refractivity contribution < 1.29 is 0 Å². The quantitative estimate of drug-likeness (QED) is 0.808. The van der Waals surface area contributed by atoms with Gasteiger partial charge in [-0.1, -0.05) is 45.0 Å². The van der Waals surface area contributed by atoms with Gasteiger partial charge in [-0.05, 0) is 56.6 Å². The highest BCUT2D eigenvalue weighted by Gasteiger charge is 2.25. The van der Waals surface area contributed by atoms with Crippen LogP contribution in [0.25, 0.3) is 0 Å². The van der Waals surface area contributed by atoms with Gasteiger partial charge in [-0.15, -0.1) is 10.2 Å². The number of piperidine rings is 1. The lowest BCUT2D eigenvalue weighted by Crippen LogP contribution is -2.33. The number of aromatic nitrogens is 3. The summed E-state index contributed by atoms with van der Waals surface area (Å²) in [5.74, 6) is 2.73. The molecule has 0 spiro atoms. The van der Waals surface area contributed by atoms with Gasteiger partial charge < -0.3 is 9.47 Å². The summed E-state index contributed by atoms with van der Waals surface area (Å²) in [6, 6.07) is 9.16. The van der Waals surface area contributed by atoms with E-state index in [0.717, 1.165) is 50.7 Å². The molecule has 27 heavy (non-hydrogen) atoms. The van der Waals surface area contributed by atoms with Crippen LogP contribution in [0.5, 0.6) is 0 Å². The first-order chi connectivity index (χ1) is 12.7. The molecule has 148 valence electrons. The zero-order chi connectivity index (χ0) is 19.6. The fourth-order valence-corrected chi connectivity index (χ4v) is 3.87. The molecule has 2 heterocycles. The molecule has 1 aliphatic heterocycles. The molecule has 0 N–H and O–H groups in total. The van der Waals surface area contributed by atoms with Crippen LogP contribution in [-0.4, -0.2) is 51.7 Å². The van der Waals surface area contributed by atoms with Crippen LogP contribution in [0.15, 0.2) is 24.3 Å². The first-order valence-corrected chi connectivity index (χ1v) is 10.1. The van der Waals surface area contributed by atoms with E-state index in [1.54, 1.807) is 0 Å². The molecule has 1 aliphatic rings. The zero-order valence-electron chi connectivity index (χ0n) is 17.9. The lowest BCUT2D eigenvalue weighted by atomic mass is 9.86. The van der Waals surface area contributed by atoms with Crippen LogP contribution < -0.4 is 0 Å². The van der Waals surface area contributed by atoms with E-state index in [1.165, 1.54) is 11.1 Å². The third-order valence-electron chi connectivity index (χ3n) is 5.64. The summed E-state index contributed by atoms with van der Waals surface area (Å²) in [4.78, 5) is 4.71. The maximum Gasteiger partial charge on any atom is 0.146 e. The third kappa shape index (κ3) is 4.96. The molecule has 5 nitrogen and oxygen atoms in total. The molecule has 1 fully saturated rings. The van der Waals surface area contributed by atoms with Crippen LogP contribution >= 0.6 is 0 Å². The highest BCUT2D eigenvalue weighted by Crippen LogP contribution is 2.28. The largest absolute Gasteiger partial charge is 0.317 e. The first kappa shape index (κ1) is 20.0. The van der Waals surface area contributed by atoms with Crippen LogP contribution in [0, 0.1) is 0 Å². The standard InChI is InChI=1S/C22H35N5/c1-22(2,3)19-9-7-17(8-10-19)15-27-13-11-18(12-14-27)21-24-23-20(26(21)6)16-25(4)5/h7-10,18H,11-16H2,1-6H3. The summed E-state index contributed by atoms with van der Waals surface area (Å²) in [5, 5.41) is 8.91. The Balaban J connectivity index is 1.55. The SMILES string of the molecule is CN(C)Cc1nnc(C2CCN(Cc3ccc(C(C)(C)C)cc3)CC2)n1C. The van der Waals surface area contributed by atoms with Crippen LogP contribution in [0.3, 0.4) is 0 Å². The summed E-state index contributed by atoms with van der Waals surface area (Å²) < 4.78 is 2.20. The van der Waals surface area contributed by atoms with Gasteiger partial charge in [0.25, 0.3) is 0 Å². The van der Waals surface area contributed by atoms with E-state index in [4.69, 9.17) is 0 Å². The predicted octanol–water partition coefficient (Wildman–Crippen LogP) is 3.55. The molecule has 0 unspecified atom stereocenters. The Bertz CT molecular complexity index is 731. The van der Waals surface area contributed by atoms with Crippen molar-refractivity contribution in [2.75, 3.05) is 27.2 Å². The number of nitrogens with zero attached hydrogens (tertiary/aromatic N) is 5. The second kappa shape index (κ2) is 8.11. The molecule has 0 aliphatic carbocycles. The van der Waals surface area contributed by atoms with Crippen molar-refractivity contribution in [2.24, 2.45) is 7.05 Å². The molecule has 0 bridgehead atoms. The second-order valence-electron chi connectivity index (χ2n) is 9.27. The molecule has 3 rings (SSSR count). The molecule has 0 radical (unpaired) electrons. The van der Waals surface area contributed by atoms with E-state index in [-0.39, 0.29) is 5.41 Å². The Hall–Kier alpha value is -1.72. The number of likely N-dealkylation sites (tertiary alicyclic amines) is 1. The van der Waals surface area contributed by atoms with E-state index >= 15 is 0 Å². The van der Waals surface area contributed by atoms with E-state index < -0.39 is 0 Å². The highest BCUT2D eigenvalue weighted by molar-refractivity contribution is 5.27. The van der Waals surface area contributed by atoms with Gasteiger partial charge in [0.1, 0.15) is 11.6 Å². The molecule has 1 aromatic carbocycles. The Morgan fingerprint density at radius 3 is 2.22 bits per heavy atom. The lowest BCUT2D eigenvalue weighted by molar-refractivity contribution is 0.200. The Morgan fingerprint density at radius 1 is 1.04 bits per heavy atom. The van der Waals surface area contributed by atoms with Gasteiger partial charge in [0.2, 0.25) is 0 Å². The number of hydrogen-bond acceptors (Lipinski definition) is 4. The number of rotatable bonds is 5. The number of benzene rings is 1. The third-order valence-corrected chi connectivity index (χ3v) is 5.64.